The van der Waals surface area contributed by atoms with E-state index in [4.69, 9.17) is 4.74 Å². The number of benzene rings is 1. The third-order valence-electron chi connectivity index (χ3n) is 4.43. The van der Waals surface area contributed by atoms with Gasteiger partial charge >= 0.3 is 5.97 Å². The quantitative estimate of drug-likeness (QED) is 0.802. The number of hydrogen-bond donors (Lipinski definition) is 1. The third-order valence-corrected chi connectivity index (χ3v) is 7.04. The van der Waals surface area contributed by atoms with Gasteiger partial charge in [0, 0.05) is 26.2 Å². The molecule has 2 heterocycles. The van der Waals surface area contributed by atoms with Crippen LogP contribution in [0.25, 0.3) is 0 Å². The zero-order valence-electron chi connectivity index (χ0n) is 14.2. The molecule has 1 unspecified atom stereocenters. The molecule has 1 aliphatic heterocycles. The molecule has 26 heavy (non-hydrogen) atoms. The molecule has 0 aliphatic carbocycles. The van der Waals surface area contributed by atoms with Crippen LogP contribution in [-0.2, 0) is 14.8 Å². The first kappa shape index (κ1) is 18.8. The van der Waals surface area contributed by atoms with Crippen LogP contribution in [0.15, 0.2) is 46.0 Å². The van der Waals surface area contributed by atoms with Crippen LogP contribution in [-0.4, -0.2) is 62.0 Å². The van der Waals surface area contributed by atoms with E-state index >= 15 is 0 Å². The Balaban J connectivity index is 1.71. The van der Waals surface area contributed by atoms with Crippen molar-refractivity contribution in [1.29, 1.82) is 0 Å². The van der Waals surface area contributed by atoms with Crippen LogP contribution in [0, 0.1) is 0 Å². The average molecular weight is 396 g/mol. The van der Waals surface area contributed by atoms with Gasteiger partial charge in [-0.05, 0) is 46.7 Å². The molecule has 0 spiro atoms. The maximum atomic E-state index is 12.8. The lowest BCUT2D eigenvalue weighted by molar-refractivity contribution is -0.144. The van der Waals surface area contributed by atoms with Gasteiger partial charge in [-0.3, -0.25) is 9.69 Å². The number of piperazine rings is 1. The van der Waals surface area contributed by atoms with Gasteiger partial charge in [0.25, 0.3) is 0 Å². The van der Waals surface area contributed by atoms with E-state index in [1.54, 1.807) is 18.2 Å². The maximum absolute atomic E-state index is 12.8. The molecule has 0 bridgehead atoms. The molecule has 0 radical (unpaired) electrons. The van der Waals surface area contributed by atoms with E-state index in [1.165, 1.54) is 34.9 Å². The number of thiophene rings is 1. The van der Waals surface area contributed by atoms with Gasteiger partial charge in [0.05, 0.1) is 12.0 Å². The Labute approximate surface area is 156 Å². The Kier molecular flexibility index (Phi) is 5.61. The molecule has 2 aromatic rings. The first-order valence-corrected chi connectivity index (χ1v) is 10.4. The van der Waals surface area contributed by atoms with Gasteiger partial charge in [0.1, 0.15) is 11.8 Å². The smallest absolute Gasteiger partial charge is 0.325 e. The number of nitrogens with zero attached hydrogens (tertiary/aromatic N) is 2. The van der Waals surface area contributed by atoms with Gasteiger partial charge in [-0.1, -0.05) is 0 Å². The summed E-state index contributed by atoms with van der Waals surface area (Å²) in [7, 11) is -2.08. The molecule has 1 saturated heterocycles. The predicted molar refractivity (Wildman–Crippen MR) is 98.0 cm³/mol. The second kappa shape index (κ2) is 7.75. The van der Waals surface area contributed by atoms with Crippen molar-refractivity contribution in [3.05, 3.63) is 46.7 Å². The molecule has 1 aromatic carbocycles. The monoisotopic (exact) mass is 396 g/mol. The number of hydrogen-bond acceptors (Lipinski definition) is 6. The van der Waals surface area contributed by atoms with Crippen molar-refractivity contribution in [2.45, 2.75) is 10.9 Å². The fraction of sp³-hybridized carbons (Fsp3) is 0.353. The van der Waals surface area contributed by atoms with Crippen molar-refractivity contribution < 1.29 is 23.1 Å². The number of sulfonamides is 1. The van der Waals surface area contributed by atoms with Crippen molar-refractivity contribution in [3.8, 4) is 5.75 Å². The second-order valence-corrected chi connectivity index (χ2v) is 8.63. The Morgan fingerprint density at radius 3 is 2.31 bits per heavy atom. The van der Waals surface area contributed by atoms with Gasteiger partial charge < -0.3 is 9.84 Å². The van der Waals surface area contributed by atoms with Crippen LogP contribution < -0.4 is 4.74 Å². The Hall–Kier alpha value is -1.94. The lowest BCUT2D eigenvalue weighted by atomic mass is 10.1. The van der Waals surface area contributed by atoms with Gasteiger partial charge in [-0.25, -0.2) is 8.42 Å². The fourth-order valence-corrected chi connectivity index (χ4v) is 5.14. The van der Waals surface area contributed by atoms with Crippen LogP contribution in [0.2, 0.25) is 0 Å². The summed E-state index contributed by atoms with van der Waals surface area (Å²) in [5.41, 5.74) is 0.731. The molecule has 1 N–H and O–H groups in total. The normalized spacial score (nSPS) is 17.7. The number of carboxylic acid groups (broad SMARTS) is 1. The molecule has 1 aliphatic rings. The Morgan fingerprint density at radius 2 is 1.81 bits per heavy atom. The Bertz CT molecular complexity index is 842. The van der Waals surface area contributed by atoms with Gasteiger partial charge in [0.15, 0.2) is 0 Å². The van der Waals surface area contributed by atoms with E-state index in [0.717, 1.165) is 5.56 Å². The predicted octanol–water partition coefficient (Wildman–Crippen LogP) is 1.89. The summed E-state index contributed by atoms with van der Waals surface area (Å²) >= 11 is 1.45. The summed E-state index contributed by atoms with van der Waals surface area (Å²) < 4.78 is 32.0. The average Bonchev–Trinajstić information content (AvgIpc) is 3.16. The lowest BCUT2D eigenvalue weighted by Gasteiger charge is -2.36. The van der Waals surface area contributed by atoms with Gasteiger partial charge in [0.2, 0.25) is 10.0 Å². The number of ether oxygens (including phenoxy) is 1. The number of carbonyl (C=O) groups is 1. The molecule has 1 aromatic heterocycles. The number of methoxy groups -OCH3 is 1. The van der Waals surface area contributed by atoms with Crippen LogP contribution in [0.1, 0.15) is 11.6 Å². The molecular formula is C17H20N2O5S2. The largest absolute Gasteiger partial charge is 0.497 e. The molecule has 7 nitrogen and oxygen atoms in total. The van der Waals surface area contributed by atoms with Gasteiger partial charge in [-0.15, -0.1) is 0 Å². The number of aliphatic carboxylic acids is 1. The molecule has 0 saturated carbocycles. The van der Waals surface area contributed by atoms with Crippen molar-refractivity contribution in [3.63, 3.8) is 0 Å². The SMILES string of the molecule is COc1ccc(S(=O)(=O)N2CCN(C(C(=O)O)c3ccsc3)CC2)cc1. The van der Waals surface area contributed by atoms with Gasteiger partial charge in [-0.2, -0.15) is 15.6 Å². The van der Waals surface area contributed by atoms with Crippen LogP contribution in [0.5, 0.6) is 5.75 Å². The summed E-state index contributed by atoms with van der Waals surface area (Å²) in [6.45, 7) is 1.23. The lowest BCUT2D eigenvalue weighted by Crippen LogP contribution is -2.50. The molecule has 1 atom stereocenters. The summed E-state index contributed by atoms with van der Waals surface area (Å²) in [5, 5.41) is 13.2. The third kappa shape index (κ3) is 3.75. The molecular weight excluding hydrogens is 376 g/mol. The summed E-state index contributed by atoms with van der Waals surface area (Å²) in [5.74, 6) is -0.330. The first-order valence-electron chi connectivity index (χ1n) is 8.06. The number of rotatable bonds is 6. The molecule has 0 amide bonds. The summed E-state index contributed by atoms with van der Waals surface area (Å²) in [6.07, 6.45) is 0. The fourth-order valence-electron chi connectivity index (χ4n) is 3.04. The molecule has 3 rings (SSSR count). The molecule has 140 valence electrons. The summed E-state index contributed by atoms with van der Waals surface area (Å²) in [4.78, 5) is 13.7. The zero-order valence-corrected chi connectivity index (χ0v) is 15.9. The maximum Gasteiger partial charge on any atom is 0.325 e. The minimum atomic E-state index is -3.60. The van der Waals surface area contributed by atoms with Crippen molar-refractivity contribution in [2.24, 2.45) is 0 Å². The van der Waals surface area contributed by atoms with E-state index in [2.05, 4.69) is 0 Å². The highest BCUT2D eigenvalue weighted by atomic mass is 32.2. The van der Waals surface area contributed by atoms with Crippen molar-refractivity contribution in [1.82, 2.24) is 9.21 Å². The zero-order chi connectivity index (χ0) is 18.7. The second-order valence-electron chi connectivity index (χ2n) is 5.91. The van der Waals surface area contributed by atoms with Crippen LogP contribution in [0.3, 0.4) is 0 Å². The van der Waals surface area contributed by atoms with Crippen molar-refractivity contribution in [2.75, 3.05) is 33.3 Å². The molecule has 9 heteroatoms. The standard InChI is InChI=1S/C17H20N2O5S2/c1-24-14-2-4-15(5-3-14)26(22,23)19-9-7-18(8-10-19)16(17(20)21)13-6-11-25-12-13/h2-6,11-12,16H,7-10H2,1H3,(H,20,21). The topological polar surface area (TPSA) is 87.2 Å². The van der Waals surface area contributed by atoms with E-state index < -0.39 is 22.0 Å². The van der Waals surface area contributed by atoms with E-state index in [0.29, 0.717) is 18.8 Å². The number of carboxylic acids is 1. The van der Waals surface area contributed by atoms with Crippen LogP contribution in [0.4, 0.5) is 0 Å². The minimum absolute atomic E-state index is 0.208. The van der Waals surface area contributed by atoms with Crippen LogP contribution >= 0.6 is 11.3 Å². The minimum Gasteiger partial charge on any atom is -0.497 e. The highest BCUT2D eigenvalue weighted by molar-refractivity contribution is 7.89. The highest BCUT2D eigenvalue weighted by Crippen LogP contribution is 2.26. The molecule has 1 fully saturated rings. The highest BCUT2D eigenvalue weighted by Gasteiger charge is 2.34. The van der Waals surface area contributed by atoms with E-state index in [9.17, 15) is 18.3 Å². The van der Waals surface area contributed by atoms with Crippen molar-refractivity contribution >= 4 is 27.3 Å². The van der Waals surface area contributed by atoms with E-state index in [1.807, 2.05) is 15.7 Å². The first-order chi connectivity index (χ1) is 12.4. The van der Waals surface area contributed by atoms with E-state index in [-0.39, 0.29) is 18.0 Å². The summed E-state index contributed by atoms with van der Waals surface area (Å²) in [6, 6.07) is 7.31. The Morgan fingerprint density at radius 1 is 1.15 bits per heavy atom.